The van der Waals surface area contributed by atoms with Gasteiger partial charge >= 0.3 is 0 Å². The molecule has 0 radical (unpaired) electrons. The number of rotatable bonds is 7. The molecule has 0 aliphatic heterocycles. The van der Waals surface area contributed by atoms with E-state index >= 15 is 0 Å². The minimum atomic E-state index is 0.445. The Morgan fingerprint density at radius 3 is 2.80 bits per heavy atom. The van der Waals surface area contributed by atoms with Crippen molar-refractivity contribution in [3.63, 3.8) is 0 Å². The van der Waals surface area contributed by atoms with E-state index in [1.807, 2.05) is 36.1 Å². The van der Waals surface area contributed by atoms with E-state index in [1.165, 1.54) is 11.1 Å². The zero-order valence-corrected chi connectivity index (χ0v) is 12.9. The van der Waals surface area contributed by atoms with Crippen molar-refractivity contribution in [3.05, 3.63) is 52.8 Å². The standard InChI is InChI=1S/C16H22ClN3/c1-3-18-15(9-8-13-11-19-20(2)12-13)10-14-6-4-5-7-16(14)17/h4-7,11-12,15,18H,3,8-10H2,1-2H3. The lowest BCUT2D eigenvalue weighted by molar-refractivity contribution is 0.491. The summed E-state index contributed by atoms with van der Waals surface area (Å²) in [6.45, 7) is 3.12. The molecule has 1 N–H and O–H groups in total. The normalized spacial score (nSPS) is 12.6. The molecule has 0 bridgehead atoms. The molecule has 2 rings (SSSR count). The quantitative estimate of drug-likeness (QED) is 0.849. The minimum Gasteiger partial charge on any atom is -0.314 e. The van der Waals surface area contributed by atoms with E-state index in [-0.39, 0.29) is 0 Å². The van der Waals surface area contributed by atoms with Gasteiger partial charge < -0.3 is 5.32 Å². The summed E-state index contributed by atoms with van der Waals surface area (Å²) in [4.78, 5) is 0. The summed E-state index contributed by atoms with van der Waals surface area (Å²) in [5.74, 6) is 0. The molecule has 1 atom stereocenters. The van der Waals surface area contributed by atoms with Gasteiger partial charge in [-0.15, -0.1) is 0 Å². The number of aryl methyl sites for hydroxylation is 2. The average Bonchev–Trinajstić information content (AvgIpc) is 2.85. The third kappa shape index (κ3) is 4.36. The van der Waals surface area contributed by atoms with Crippen LogP contribution in [0, 0.1) is 0 Å². The minimum absolute atomic E-state index is 0.445. The Morgan fingerprint density at radius 2 is 2.15 bits per heavy atom. The van der Waals surface area contributed by atoms with Gasteiger partial charge in [0.05, 0.1) is 6.20 Å². The Bertz CT molecular complexity index is 536. The van der Waals surface area contributed by atoms with Crippen molar-refractivity contribution < 1.29 is 0 Å². The first kappa shape index (κ1) is 15.1. The third-order valence-electron chi connectivity index (χ3n) is 3.46. The zero-order chi connectivity index (χ0) is 14.4. The molecule has 4 heteroatoms. The third-order valence-corrected chi connectivity index (χ3v) is 3.83. The molecule has 108 valence electrons. The number of hydrogen-bond donors (Lipinski definition) is 1. The number of benzene rings is 1. The van der Waals surface area contributed by atoms with E-state index in [0.29, 0.717) is 6.04 Å². The fraction of sp³-hybridized carbons (Fsp3) is 0.438. The molecule has 0 fully saturated rings. The van der Waals surface area contributed by atoms with E-state index in [9.17, 15) is 0 Å². The fourth-order valence-corrected chi connectivity index (χ4v) is 2.65. The molecule has 0 amide bonds. The van der Waals surface area contributed by atoms with Crippen LogP contribution in [0.25, 0.3) is 0 Å². The molecular weight excluding hydrogens is 270 g/mol. The van der Waals surface area contributed by atoms with Crippen LogP contribution >= 0.6 is 11.6 Å². The number of nitrogens with one attached hydrogen (secondary N) is 1. The summed E-state index contributed by atoms with van der Waals surface area (Å²) >= 11 is 6.25. The lowest BCUT2D eigenvalue weighted by Gasteiger charge is -2.18. The predicted molar refractivity (Wildman–Crippen MR) is 84.1 cm³/mol. The first-order valence-corrected chi connectivity index (χ1v) is 7.51. The van der Waals surface area contributed by atoms with Gasteiger partial charge in [0.1, 0.15) is 0 Å². The van der Waals surface area contributed by atoms with Gasteiger partial charge in [-0.25, -0.2) is 0 Å². The van der Waals surface area contributed by atoms with E-state index in [0.717, 1.165) is 30.8 Å². The molecule has 1 aromatic carbocycles. The molecule has 0 aliphatic carbocycles. The maximum Gasteiger partial charge on any atom is 0.0521 e. The molecule has 0 spiro atoms. The van der Waals surface area contributed by atoms with Gasteiger partial charge in [0.15, 0.2) is 0 Å². The van der Waals surface area contributed by atoms with Gasteiger partial charge in [0.25, 0.3) is 0 Å². The van der Waals surface area contributed by atoms with Crippen LogP contribution in [-0.2, 0) is 19.9 Å². The summed E-state index contributed by atoms with van der Waals surface area (Å²) in [6.07, 6.45) is 7.12. The second-order valence-electron chi connectivity index (χ2n) is 5.11. The topological polar surface area (TPSA) is 29.9 Å². The van der Waals surface area contributed by atoms with Crippen molar-refractivity contribution >= 4 is 11.6 Å². The highest BCUT2D eigenvalue weighted by Gasteiger charge is 2.11. The number of aromatic nitrogens is 2. The van der Waals surface area contributed by atoms with Gasteiger partial charge in [-0.05, 0) is 43.0 Å². The summed E-state index contributed by atoms with van der Waals surface area (Å²) in [5.41, 5.74) is 2.50. The van der Waals surface area contributed by atoms with Crippen LogP contribution in [0.1, 0.15) is 24.5 Å². The van der Waals surface area contributed by atoms with Gasteiger partial charge in [-0.2, -0.15) is 5.10 Å². The van der Waals surface area contributed by atoms with Crippen LogP contribution in [0.3, 0.4) is 0 Å². The van der Waals surface area contributed by atoms with Crippen molar-refractivity contribution in [2.75, 3.05) is 6.54 Å². The maximum absolute atomic E-state index is 6.25. The lowest BCUT2D eigenvalue weighted by atomic mass is 10.00. The highest BCUT2D eigenvalue weighted by molar-refractivity contribution is 6.31. The van der Waals surface area contributed by atoms with Crippen LogP contribution in [-0.4, -0.2) is 22.4 Å². The molecule has 0 aliphatic rings. The molecule has 2 aromatic rings. The van der Waals surface area contributed by atoms with Gasteiger partial charge in [-0.3, -0.25) is 4.68 Å². The van der Waals surface area contributed by atoms with Crippen molar-refractivity contribution in [3.8, 4) is 0 Å². The largest absolute Gasteiger partial charge is 0.314 e. The first-order chi connectivity index (χ1) is 9.69. The van der Waals surface area contributed by atoms with Crippen LogP contribution in [0.15, 0.2) is 36.7 Å². The number of halogens is 1. The van der Waals surface area contributed by atoms with Crippen molar-refractivity contribution in [2.24, 2.45) is 7.05 Å². The molecule has 20 heavy (non-hydrogen) atoms. The molecular formula is C16H22ClN3. The van der Waals surface area contributed by atoms with Gasteiger partial charge in [0.2, 0.25) is 0 Å². The molecule has 1 heterocycles. The smallest absolute Gasteiger partial charge is 0.0521 e. The van der Waals surface area contributed by atoms with Gasteiger partial charge in [-0.1, -0.05) is 36.7 Å². The predicted octanol–water partition coefficient (Wildman–Crippen LogP) is 3.23. The monoisotopic (exact) mass is 291 g/mol. The summed E-state index contributed by atoms with van der Waals surface area (Å²) in [6, 6.07) is 8.53. The van der Waals surface area contributed by atoms with Crippen LogP contribution in [0.4, 0.5) is 0 Å². The number of hydrogen-bond acceptors (Lipinski definition) is 2. The molecule has 0 saturated carbocycles. The lowest BCUT2D eigenvalue weighted by Crippen LogP contribution is -2.31. The average molecular weight is 292 g/mol. The van der Waals surface area contributed by atoms with Crippen molar-refractivity contribution in [1.29, 1.82) is 0 Å². The molecule has 1 aromatic heterocycles. The van der Waals surface area contributed by atoms with Crippen molar-refractivity contribution in [1.82, 2.24) is 15.1 Å². The summed E-state index contributed by atoms with van der Waals surface area (Å²) in [7, 11) is 1.95. The second-order valence-corrected chi connectivity index (χ2v) is 5.52. The van der Waals surface area contributed by atoms with E-state index < -0.39 is 0 Å². The molecule has 1 unspecified atom stereocenters. The Kier molecular flexibility index (Phi) is 5.62. The zero-order valence-electron chi connectivity index (χ0n) is 12.1. The number of likely N-dealkylation sites (N-methyl/N-ethyl adjacent to an activating group) is 1. The van der Waals surface area contributed by atoms with E-state index in [2.05, 4.69) is 29.6 Å². The van der Waals surface area contributed by atoms with E-state index in [1.54, 1.807) is 0 Å². The Balaban J connectivity index is 1.95. The van der Waals surface area contributed by atoms with Gasteiger partial charge in [0, 0.05) is 24.3 Å². The Morgan fingerprint density at radius 1 is 1.35 bits per heavy atom. The first-order valence-electron chi connectivity index (χ1n) is 7.13. The van der Waals surface area contributed by atoms with Crippen LogP contribution in [0.2, 0.25) is 5.02 Å². The second kappa shape index (κ2) is 7.46. The van der Waals surface area contributed by atoms with E-state index in [4.69, 9.17) is 11.6 Å². The maximum atomic E-state index is 6.25. The fourth-order valence-electron chi connectivity index (χ4n) is 2.44. The molecule has 3 nitrogen and oxygen atoms in total. The SMILES string of the molecule is CCNC(CCc1cnn(C)c1)Cc1ccccc1Cl. The highest BCUT2D eigenvalue weighted by atomic mass is 35.5. The van der Waals surface area contributed by atoms with Crippen LogP contribution < -0.4 is 5.32 Å². The number of nitrogens with zero attached hydrogens (tertiary/aromatic N) is 2. The Hall–Kier alpha value is -1.32. The Labute approximate surface area is 126 Å². The molecule has 0 saturated heterocycles. The van der Waals surface area contributed by atoms with Crippen LogP contribution in [0.5, 0.6) is 0 Å². The summed E-state index contributed by atoms with van der Waals surface area (Å²) in [5, 5.41) is 8.62. The van der Waals surface area contributed by atoms with Crippen molar-refractivity contribution in [2.45, 2.75) is 32.2 Å². The highest BCUT2D eigenvalue weighted by Crippen LogP contribution is 2.18. The summed E-state index contributed by atoms with van der Waals surface area (Å²) < 4.78 is 1.85.